The molecule has 0 bridgehead atoms. The van der Waals surface area contributed by atoms with Gasteiger partial charge in [-0.25, -0.2) is 0 Å². The van der Waals surface area contributed by atoms with E-state index < -0.39 is 22.7 Å². The molecule has 1 amide bonds. The molecule has 2 atom stereocenters. The summed E-state index contributed by atoms with van der Waals surface area (Å²) in [5.41, 5.74) is -0.294. The van der Waals surface area contributed by atoms with E-state index in [9.17, 15) is 14.7 Å². The molecule has 0 heterocycles. The molecular weight excluding hydrogens is 302 g/mol. The number of carboxylic acid groups (broad SMARTS) is 1. The largest absolute Gasteiger partial charge is 0.481 e. The molecule has 120 valence electrons. The van der Waals surface area contributed by atoms with Gasteiger partial charge in [0.05, 0.1) is 11.3 Å². The topological polar surface area (TPSA) is 66.4 Å². The molecule has 4 nitrogen and oxygen atoms in total. The van der Waals surface area contributed by atoms with Gasteiger partial charge in [0.1, 0.15) is 0 Å². The Balaban J connectivity index is 2.08. The number of aliphatic carboxylic acids is 1. The van der Waals surface area contributed by atoms with Crippen molar-refractivity contribution in [2.45, 2.75) is 40.2 Å². The van der Waals surface area contributed by atoms with Gasteiger partial charge in [-0.15, -0.1) is 0 Å². The first-order valence-electron chi connectivity index (χ1n) is 7.44. The Hall–Kier alpha value is -1.55. The van der Waals surface area contributed by atoms with Crippen molar-refractivity contribution in [3.05, 3.63) is 34.9 Å². The van der Waals surface area contributed by atoms with Crippen LogP contribution in [0.3, 0.4) is 0 Å². The highest BCUT2D eigenvalue weighted by Gasteiger charge is 2.58. The molecule has 1 aliphatic rings. The molecule has 0 spiro atoms. The van der Waals surface area contributed by atoms with Gasteiger partial charge in [0.15, 0.2) is 0 Å². The highest BCUT2D eigenvalue weighted by atomic mass is 35.5. The van der Waals surface area contributed by atoms with Crippen molar-refractivity contribution in [3.63, 3.8) is 0 Å². The van der Waals surface area contributed by atoms with Crippen molar-refractivity contribution < 1.29 is 14.7 Å². The molecule has 1 aromatic rings. The average Bonchev–Trinajstić information content (AvgIpc) is 2.69. The fourth-order valence-electron chi connectivity index (χ4n) is 3.32. The maximum atomic E-state index is 12.7. The maximum absolute atomic E-state index is 12.7. The minimum absolute atomic E-state index is 0.0869. The van der Waals surface area contributed by atoms with Gasteiger partial charge in [-0.3, -0.25) is 9.59 Å². The maximum Gasteiger partial charge on any atom is 0.307 e. The SMILES string of the molecule is CC1(C)[C@@H](C(=O)O)CC[C@]1(C)C(=O)NCc1ccc(Cl)cc1. The lowest BCUT2D eigenvalue weighted by Gasteiger charge is -2.39. The van der Waals surface area contributed by atoms with Crippen LogP contribution in [0, 0.1) is 16.7 Å². The van der Waals surface area contributed by atoms with Crippen LogP contribution in [0.1, 0.15) is 39.2 Å². The molecule has 1 aromatic carbocycles. The van der Waals surface area contributed by atoms with Gasteiger partial charge < -0.3 is 10.4 Å². The summed E-state index contributed by atoms with van der Waals surface area (Å²) in [6.07, 6.45) is 1.12. The van der Waals surface area contributed by atoms with E-state index in [1.165, 1.54) is 0 Å². The predicted octanol–water partition coefficient (Wildman–Crippen LogP) is 3.48. The van der Waals surface area contributed by atoms with Crippen molar-refractivity contribution in [1.82, 2.24) is 5.32 Å². The number of carbonyl (C=O) groups excluding carboxylic acids is 1. The van der Waals surface area contributed by atoms with Crippen LogP contribution in [0.15, 0.2) is 24.3 Å². The van der Waals surface area contributed by atoms with E-state index in [0.717, 1.165) is 5.56 Å². The number of amides is 1. The molecule has 0 saturated heterocycles. The van der Waals surface area contributed by atoms with Crippen LogP contribution in [-0.2, 0) is 16.1 Å². The fourth-order valence-corrected chi connectivity index (χ4v) is 3.44. The number of hydrogen-bond donors (Lipinski definition) is 2. The van der Waals surface area contributed by atoms with Crippen LogP contribution in [0.4, 0.5) is 0 Å². The standard InChI is InChI=1S/C17H22ClNO3/c1-16(2)13(14(20)21)8-9-17(16,3)15(22)19-10-11-4-6-12(18)7-5-11/h4-7,13H,8-10H2,1-3H3,(H,19,22)(H,20,21)/t13-,17-/m1/s1. The summed E-state index contributed by atoms with van der Waals surface area (Å²) in [5.74, 6) is -1.39. The second-order valence-corrected chi connectivity index (χ2v) is 7.23. The number of nitrogens with one attached hydrogen (secondary N) is 1. The van der Waals surface area contributed by atoms with Crippen molar-refractivity contribution >= 4 is 23.5 Å². The normalized spacial score (nSPS) is 26.6. The minimum Gasteiger partial charge on any atom is -0.481 e. The Morgan fingerprint density at radius 2 is 1.86 bits per heavy atom. The third kappa shape index (κ3) is 2.84. The Kier molecular flexibility index (Phi) is 4.52. The lowest BCUT2D eigenvalue weighted by Crippen LogP contribution is -2.47. The van der Waals surface area contributed by atoms with Crippen molar-refractivity contribution in [2.24, 2.45) is 16.7 Å². The third-order valence-corrected chi connectivity index (χ3v) is 5.64. The van der Waals surface area contributed by atoms with E-state index in [0.29, 0.717) is 24.4 Å². The summed E-state index contributed by atoms with van der Waals surface area (Å²) in [7, 11) is 0. The van der Waals surface area contributed by atoms with Gasteiger partial charge in [-0.2, -0.15) is 0 Å². The Morgan fingerprint density at radius 3 is 2.36 bits per heavy atom. The lowest BCUT2D eigenvalue weighted by molar-refractivity contribution is -0.148. The first-order chi connectivity index (χ1) is 10.2. The van der Waals surface area contributed by atoms with Crippen molar-refractivity contribution in [2.75, 3.05) is 0 Å². The van der Waals surface area contributed by atoms with Crippen LogP contribution in [-0.4, -0.2) is 17.0 Å². The van der Waals surface area contributed by atoms with Crippen LogP contribution >= 0.6 is 11.6 Å². The molecule has 1 fully saturated rings. The summed E-state index contributed by atoms with van der Waals surface area (Å²) < 4.78 is 0. The zero-order valence-corrected chi connectivity index (χ0v) is 13.9. The molecule has 22 heavy (non-hydrogen) atoms. The van der Waals surface area contributed by atoms with Gasteiger partial charge in [0.25, 0.3) is 0 Å². The van der Waals surface area contributed by atoms with Gasteiger partial charge in [0, 0.05) is 11.6 Å². The molecule has 0 aliphatic heterocycles. The van der Waals surface area contributed by atoms with E-state index >= 15 is 0 Å². The van der Waals surface area contributed by atoms with Crippen molar-refractivity contribution in [1.29, 1.82) is 0 Å². The quantitative estimate of drug-likeness (QED) is 0.891. The number of carbonyl (C=O) groups is 2. The molecule has 0 radical (unpaired) electrons. The Morgan fingerprint density at radius 1 is 1.27 bits per heavy atom. The van der Waals surface area contributed by atoms with Crippen molar-refractivity contribution in [3.8, 4) is 0 Å². The first-order valence-corrected chi connectivity index (χ1v) is 7.82. The molecule has 2 N–H and O–H groups in total. The van der Waals surface area contributed by atoms with Gasteiger partial charge in [0.2, 0.25) is 5.91 Å². The molecule has 1 aliphatic carbocycles. The minimum atomic E-state index is -0.820. The number of benzene rings is 1. The molecule has 5 heteroatoms. The van der Waals surface area contributed by atoms with Gasteiger partial charge in [-0.1, -0.05) is 44.5 Å². The fraction of sp³-hybridized carbons (Fsp3) is 0.529. The predicted molar refractivity (Wildman–Crippen MR) is 85.5 cm³/mol. The Bertz CT molecular complexity index is 582. The molecule has 0 unspecified atom stereocenters. The van der Waals surface area contributed by atoms with E-state index in [-0.39, 0.29) is 5.91 Å². The molecular formula is C17H22ClNO3. The van der Waals surface area contributed by atoms with Crippen LogP contribution in [0.25, 0.3) is 0 Å². The summed E-state index contributed by atoms with van der Waals surface area (Å²) in [5, 5.41) is 12.9. The van der Waals surface area contributed by atoms with Gasteiger partial charge >= 0.3 is 5.97 Å². The summed E-state index contributed by atoms with van der Waals surface area (Å²) in [6, 6.07) is 7.30. The first kappa shape index (κ1) is 16.8. The third-order valence-electron chi connectivity index (χ3n) is 5.39. The monoisotopic (exact) mass is 323 g/mol. The van der Waals surface area contributed by atoms with E-state index in [4.69, 9.17) is 11.6 Å². The van der Waals surface area contributed by atoms with Gasteiger partial charge in [-0.05, 0) is 36.0 Å². The highest BCUT2D eigenvalue weighted by Crippen LogP contribution is 2.56. The summed E-state index contributed by atoms with van der Waals surface area (Å²) in [6.45, 7) is 6.04. The smallest absolute Gasteiger partial charge is 0.307 e. The number of rotatable bonds is 4. The zero-order chi connectivity index (χ0) is 16.5. The molecule has 0 aromatic heterocycles. The van der Waals surface area contributed by atoms with Crippen LogP contribution < -0.4 is 5.32 Å². The number of hydrogen-bond acceptors (Lipinski definition) is 2. The number of carboxylic acids is 1. The lowest BCUT2D eigenvalue weighted by atomic mass is 9.65. The second kappa shape index (κ2) is 5.92. The molecule has 1 saturated carbocycles. The second-order valence-electron chi connectivity index (χ2n) is 6.79. The molecule has 2 rings (SSSR count). The van der Waals surface area contributed by atoms with E-state index in [1.807, 2.05) is 32.9 Å². The number of halogens is 1. The Labute approximate surface area is 135 Å². The zero-order valence-electron chi connectivity index (χ0n) is 13.1. The highest BCUT2D eigenvalue weighted by molar-refractivity contribution is 6.30. The van der Waals surface area contributed by atoms with E-state index in [1.54, 1.807) is 12.1 Å². The average molecular weight is 324 g/mol. The van der Waals surface area contributed by atoms with Crippen LogP contribution in [0.2, 0.25) is 5.02 Å². The summed E-state index contributed by atoms with van der Waals surface area (Å²) in [4.78, 5) is 24.1. The van der Waals surface area contributed by atoms with E-state index in [2.05, 4.69) is 5.32 Å². The summed E-state index contributed by atoms with van der Waals surface area (Å²) >= 11 is 5.84. The van der Waals surface area contributed by atoms with Crippen LogP contribution in [0.5, 0.6) is 0 Å².